The van der Waals surface area contributed by atoms with Gasteiger partial charge in [-0.1, -0.05) is 12.1 Å². The van der Waals surface area contributed by atoms with E-state index in [2.05, 4.69) is 31.7 Å². The van der Waals surface area contributed by atoms with E-state index < -0.39 is 74.1 Å². The van der Waals surface area contributed by atoms with Crippen molar-refractivity contribution in [1.82, 2.24) is 0 Å². The number of anilines is 4. The number of urea groups is 1. The number of carbonyl (C=O) groups is 3. The van der Waals surface area contributed by atoms with Gasteiger partial charge in [0, 0.05) is 22.5 Å². The van der Waals surface area contributed by atoms with E-state index in [9.17, 15) is 53.3 Å². The first-order valence-electron chi connectivity index (χ1n) is 16.0. The Balaban J connectivity index is 0.00000331. The molecule has 0 saturated carbocycles. The number of nitrogens with one attached hydrogen (secondary N) is 4. The number of amides is 2. The second kappa shape index (κ2) is 20.6. The molecule has 0 radical (unpaired) electrons. The van der Waals surface area contributed by atoms with Gasteiger partial charge in [0.05, 0.1) is 40.3 Å². The number of allylic oxidation sites excluding steroid dienone is 2. The van der Waals surface area contributed by atoms with Gasteiger partial charge in [-0.3, -0.25) is 20.4 Å². The number of Topliss-reactive ketones (excluding diaryl/α,β-unsaturated/α-hetero) is 2. The van der Waals surface area contributed by atoms with Crippen LogP contribution in [0.5, 0.6) is 11.5 Å². The molecular formula is C35H25N6Na3O14S3. The third kappa shape index (κ3) is 11.8. The van der Waals surface area contributed by atoms with Gasteiger partial charge in [-0.15, -0.1) is 0 Å². The zero-order chi connectivity index (χ0) is 42.2. The molecule has 4 aromatic rings. The average Bonchev–Trinajstić information content (AvgIpc) is 3.15. The normalized spacial score (nSPS) is 14.7. The van der Waals surface area contributed by atoms with Crippen molar-refractivity contribution in [2.45, 2.75) is 4.90 Å². The first-order valence-corrected chi connectivity index (χ1v) is 20.3. The third-order valence-electron chi connectivity index (χ3n) is 8.26. The predicted molar refractivity (Wildman–Crippen MR) is 206 cm³/mol. The molecule has 6 rings (SSSR count). The van der Waals surface area contributed by atoms with Crippen LogP contribution in [0.2, 0.25) is 0 Å². The summed E-state index contributed by atoms with van der Waals surface area (Å²) in [5.41, 5.74) is 2.94. The molecule has 2 aliphatic rings. The number of carbonyl (C=O) groups excluding carboxylic acids is 3. The van der Waals surface area contributed by atoms with E-state index >= 15 is 0 Å². The summed E-state index contributed by atoms with van der Waals surface area (Å²) < 4.78 is 118. The first-order chi connectivity index (χ1) is 27.3. The maximum Gasteiger partial charge on any atom is 1.00 e. The van der Waals surface area contributed by atoms with Gasteiger partial charge >= 0.3 is 94.7 Å². The van der Waals surface area contributed by atoms with Crippen LogP contribution in [0.1, 0.15) is 31.8 Å². The van der Waals surface area contributed by atoms with E-state index in [0.29, 0.717) is 5.75 Å². The number of benzene rings is 4. The molecule has 26 heteroatoms. The number of ether oxygens (including phenoxy) is 2. The smallest absolute Gasteiger partial charge is 0.744 e. The van der Waals surface area contributed by atoms with Crippen LogP contribution in [0.25, 0.3) is 12.2 Å². The van der Waals surface area contributed by atoms with Crippen LogP contribution in [0.15, 0.2) is 104 Å². The Morgan fingerprint density at radius 3 is 1.46 bits per heavy atom. The molecule has 0 aromatic heterocycles. The number of rotatable bonds is 11. The minimum absolute atomic E-state index is 0. The van der Waals surface area contributed by atoms with Crippen molar-refractivity contribution >= 4 is 94.3 Å². The second-order valence-corrected chi connectivity index (χ2v) is 16.0. The zero-order valence-electron chi connectivity index (χ0n) is 32.5. The van der Waals surface area contributed by atoms with E-state index in [-0.39, 0.29) is 139 Å². The molecule has 4 aromatic carbocycles. The van der Waals surface area contributed by atoms with Crippen LogP contribution in [0.3, 0.4) is 0 Å². The van der Waals surface area contributed by atoms with Crippen molar-refractivity contribution in [1.29, 1.82) is 0 Å². The van der Waals surface area contributed by atoms with Crippen molar-refractivity contribution in [3.63, 3.8) is 0 Å². The van der Waals surface area contributed by atoms with Gasteiger partial charge in [0.1, 0.15) is 53.3 Å². The molecule has 0 heterocycles. The SMILES string of the molecule is COc1ccccc1NN=C1C(=O)c2ccc(NC(=O)Nc3ccc4c(c3)C=C(S(=O)(=O)[O-])/C(=N/Nc3cc(S(=O)(=O)[O-])ccc3OC)C4=O)cc2C=C1S(=O)(=O)[O-].[Na+].[Na+].[Na+]. The predicted octanol–water partition coefficient (Wildman–Crippen LogP) is -5.64. The van der Waals surface area contributed by atoms with Crippen LogP contribution >= 0.6 is 0 Å². The Hall–Kier alpha value is -3.76. The van der Waals surface area contributed by atoms with Gasteiger partial charge < -0.3 is 33.8 Å². The quantitative estimate of drug-likeness (QED) is 0.0619. The molecule has 0 atom stereocenters. The molecule has 0 aliphatic heterocycles. The number of hydrogen-bond acceptors (Lipinski definition) is 18. The maximum absolute atomic E-state index is 13.4. The van der Waals surface area contributed by atoms with E-state index in [1.165, 1.54) is 50.6 Å². The monoisotopic (exact) mass is 918 g/mol. The van der Waals surface area contributed by atoms with E-state index in [1.54, 1.807) is 24.3 Å². The van der Waals surface area contributed by atoms with Crippen LogP contribution < -0.4 is 120 Å². The summed E-state index contributed by atoms with van der Waals surface area (Å²) in [5.74, 6) is -1.70. The molecule has 0 bridgehead atoms. The molecule has 2 amide bonds. The Bertz CT molecular complexity index is 2920. The van der Waals surface area contributed by atoms with Crippen LogP contribution in [0.4, 0.5) is 27.5 Å². The van der Waals surface area contributed by atoms with Gasteiger partial charge in [0.2, 0.25) is 11.6 Å². The molecule has 0 saturated heterocycles. The summed E-state index contributed by atoms with van der Waals surface area (Å²) in [6.07, 6.45) is 1.76. The van der Waals surface area contributed by atoms with Crippen molar-refractivity contribution in [3.05, 3.63) is 111 Å². The van der Waals surface area contributed by atoms with Gasteiger partial charge in [0.25, 0.3) is 0 Å². The Morgan fingerprint density at radius 1 is 0.574 bits per heavy atom. The number of methoxy groups -OCH3 is 2. The van der Waals surface area contributed by atoms with Crippen LogP contribution in [-0.4, -0.2) is 82.2 Å². The molecule has 4 N–H and O–H groups in total. The molecule has 0 unspecified atom stereocenters. The van der Waals surface area contributed by atoms with E-state index in [4.69, 9.17) is 9.47 Å². The molecule has 61 heavy (non-hydrogen) atoms. The number of para-hydroxylation sites is 2. The minimum atomic E-state index is -5.39. The molecule has 0 fully saturated rings. The molecular weight excluding hydrogens is 894 g/mol. The standard InChI is InChI=1S/C35H28N6O14S3.3Na/c1-54-27-6-4-3-5-25(27)38-40-31-29(57(48,49)50)15-18-13-20(7-10-23(18)33(31)42)36-35(44)37-21-8-11-24-19(14-21)16-30(58(51,52)53)32(34(24)43)41-39-26-17-22(56(45,46)47)9-12-28(26)55-2;;;/h3-17,38-39H,1-2H3,(H2,36,37,44)(H,45,46,47)(H,48,49,50)(H,51,52,53);;;/q;3*+1/p-3/b40-31?,41-32-;;;. The number of ketones is 2. The fourth-order valence-corrected chi connectivity index (χ4v) is 7.41. The third-order valence-corrected chi connectivity index (χ3v) is 10.8. The van der Waals surface area contributed by atoms with Gasteiger partial charge in [-0.2, -0.15) is 10.2 Å². The summed E-state index contributed by atoms with van der Waals surface area (Å²) >= 11 is 0. The fraction of sp³-hybridized carbons (Fsp3) is 0.0571. The number of hydrogen-bond donors (Lipinski definition) is 4. The Kier molecular flexibility index (Phi) is 17.4. The van der Waals surface area contributed by atoms with Gasteiger partial charge in [-0.05, 0) is 90.0 Å². The average molecular weight is 919 g/mol. The number of hydrazone groups is 2. The molecule has 2 aliphatic carbocycles. The Morgan fingerprint density at radius 2 is 1.02 bits per heavy atom. The van der Waals surface area contributed by atoms with E-state index in [0.717, 1.165) is 30.4 Å². The number of fused-ring (bicyclic) bond motifs is 2. The molecule has 0 spiro atoms. The van der Waals surface area contributed by atoms with Crippen molar-refractivity contribution in [2.24, 2.45) is 10.2 Å². The summed E-state index contributed by atoms with van der Waals surface area (Å²) in [5, 5.41) is 12.6. The van der Waals surface area contributed by atoms with Gasteiger partial charge in [-0.25, -0.2) is 30.0 Å². The number of nitrogens with zero attached hydrogens (tertiary/aromatic N) is 2. The topological polar surface area (TPSA) is 314 Å². The summed E-state index contributed by atoms with van der Waals surface area (Å²) in [6.45, 7) is 0. The van der Waals surface area contributed by atoms with Crippen molar-refractivity contribution in [2.75, 3.05) is 35.7 Å². The maximum atomic E-state index is 13.4. The van der Waals surface area contributed by atoms with Gasteiger partial charge in [0.15, 0.2) is 0 Å². The van der Waals surface area contributed by atoms with Crippen LogP contribution in [-0.2, 0) is 30.4 Å². The fourth-order valence-electron chi connectivity index (χ4n) is 5.62. The summed E-state index contributed by atoms with van der Waals surface area (Å²) in [6, 6.07) is 15.8. The van der Waals surface area contributed by atoms with Crippen molar-refractivity contribution < 1.29 is 151 Å². The Labute approximate surface area is 414 Å². The van der Waals surface area contributed by atoms with E-state index in [1.807, 2.05) is 0 Å². The first kappa shape index (κ1) is 51.6. The minimum Gasteiger partial charge on any atom is -0.744 e. The summed E-state index contributed by atoms with van der Waals surface area (Å²) in [7, 11) is -13.0. The second-order valence-electron chi connectivity index (χ2n) is 11.9. The summed E-state index contributed by atoms with van der Waals surface area (Å²) in [4.78, 5) is 37.1. The van der Waals surface area contributed by atoms with Crippen LogP contribution in [0, 0.1) is 0 Å². The largest absolute Gasteiger partial charge is 1.00 e. The molecule has 20 nitrogen and oxygen atoms in total. The zero-order valence-corrected chi connectivity index (χ0v) is 40.9. The van der Waals surface area contributed by atoms with Crippen molar-refractivity contribution in [3.8, 4) is 11.5 Å². The molecule has 300 valence electrons.